The summed E-state index contributed by atoms with van der Waals surface area (Å²) in [4.78, 5) is 4.18. The first-order valence-electron chi connectivity index (χ1n) is 5.57. The predicted molar refractivity (Wildman–Crippen MR) is 68.2 cm³/mol. The van der Waals surface area contributed by atoms with Crippen molar-refractivity contribution in [1.29, 1.82) is 0 Å². The molecule has 0 amide bonds. The van der Waals surface area contributed by atoms with E-state index in [0.717, 1.165) is 5.56 Å². The fourth-order valence-corrected chi connectivity index (χ4v) is 2.03. The zero-order chi connectivity index (χ0) is 13.0. The van der Waals surface area contributed by atoms with Gasteiger partial charge in [-0.3, -0.25) is 4.98 Å². The fraction of sp³-hybridized carbons (Fsp3) is 0.250. The van der Waals surface area contributed by atoms with E-state index in [1.807, 2.05) is 6.07 Å². The molecule has 0 spiro atoms. The van der Waals surface area contributed by atoms with Gasteiger partial charge in [-0.25, -0.2) is 13.1 Å². The molecule has 0 aromatic carbocycles. The third kappa shape index (κ3) is 3.18. The van der Waals surface area contributed by atoms with Crippen LogP contribution in [0.3, 0.4) is 0 Å². The highest BCUT2D eigenvalue weighted by Crippen LogP contribution is 2.17. The van der Waals surface area contributed by atoms with E-state index < -0.39 is 10.0 Å². The molecule has 0 fully saturated rings. The first-order chi connectivity index (χ1) is 8.61. The quantitative estimate of drug-likeness (QED) is 0.895. The minimum atomic E-state index is -3.18. The van der Waals surface area contributed by atoms with Gasteiger partial charge in [-0.15, -0.1) is 0 Å². The number of nitrogens with zero attached hydrogens (tertiary/aromatic N) is 1. The second-order valence-electron chi connectivity index (χ2n) is 3.75. The van der Waals surface area contributed by atoms with Crippen LogP contribution in [0.2, 0.25) is 0 Å². The Balaban J connectivity index is 2.14. The molecular weight excluding hydrogens is 252 g/mol. The molecule has 2 aromatic heterocycles. The van der Waals surface area contributed by atoms with Gasteiger partial charge in [0.15, 0.2) is 5.76 Å². The van der Waals surface area contributed by atoms with E-state index >= 15 is 0 Å². The van der Waals surface area contributed by atoms with Crippen molar-refractivity contribution >= 4 is 10.0 Å². The largest absolute Gasteiger partial charge is 0.463 e. The van der Waals surface area contributed by atoms with Crippen LogP contribution in [0.25, 0.3) is 11.5 Å². The van der Waals surface area contributed by atoms with Gasteiger partial charge in [0.1, 0.15) is 5.69 Å². The van der Waals surface area contributed by atoms with E-state index in [4.69, 9.17) is 4.42 Å². The molecule has 0 unspecified atom stereocenters. The van der Waals surface area contributed by atoms with E-state index in [9.17, 15) is 8.42 Å². The standard InChI is InChI=1S/C12H14N2O3S/c1-2-18(15,16)14-9-10-5-6-13-11(8-10)12-4-3-7-17-12/h3-8,14H,2,9H2,1H3. The van der Waals surface area contributed by atoms with Crippen LogP contribution >= 0.6 is 0 Å². The van der Waals surface area contributed by atoms with Crippen molar-refractivity contribution in [3.63, 3.8) is 0 Å². The van der Waals surface area contributed by atoms with Gasteiger partial charge < -0.3 is 4.42 Å². The van der Waals surface area contributed by atoms with Crippen molar-refractivity contribution in [3.05, 3.63) is 42.3 Å². The normalized spacial score (nSPS) is 11.6. The Labute approximate surface area is 106 Å². The number of aromatic nitrogens is 1. The maximum Gasteiger partial charge on any atom is 0.211 e. The minimum Gasteiger partial charge on any atom is -0.463 e. The number of rotatable bonds is 5. The van der Waals surface area contributed by atoms with Gasteiger partial charge in [-0.1, -0.05) is 0 Å². The average Bonchev–Trinajstić information content (AvgIpc) is 2.91. The molecule has 18 heavy (non-hydrogen) atoms. The molecule has 0 aliphatic rings. The maximum atomic E-state index is 11.3. The van der Waals surface area contributed by atoms with Crippen molar-refractivity contribution in [1.82, 2.24) is 9.71 Å². The third-order valence-electron chi connectivity index (χ3n) is 2.47. The van der Waals surface area contributed by atoms with E-state index in [0.29, 0.717) is 11.5 Å². The Morgan fingerprint density at radius 1 is 1.39 bits per heavy atom. The molecule has 0 atom stereocenters. The first kappa shape index (κ1) is 12.8. The fourth-order valence-electron chi connectivity index (χ4n) is 1.44. The van der Waals surface area contributed by atoms with Crippen LogP contribution < -0.4 is 4.72 Å². The van der Waals surface area contributed by atoms with Crippen LogP contribution in [-0.2, 0) is 16.6 Å². The summed E-state index contributed by atoms with van der Waals surface area (Å²) in [7, 11) is -3.18. The number of pyridine rings is 1. The molecular formula is C12H14N2O3S. The summed E-state index contributed by atoms with van der Waals surface area (Å²) in [6.07, 6.45) is 3.21. The van der Waals surface area contributed by atoms with Crippen molar-refractivity contribution in [2.45, 2.75) is 13.5 Å². The second-order valence-corrected chi connectivity index (χ2v) is 5.85. The Morgan fingerprint density at radius 2 is 2.22 bits per heavy atom. The van der Waals surface area contributed by atoms with Crippen molar-refractivity contribution < 1.29 is 12.8 Å². The predicted octanol–water partition coefficient (Wildman–Crippen LogP) is 1.78. The molecule has 2 rings (SSSR count). The average molecular weight is 266 g/mol. The second kappa shape index (κ2) is 5.32. The smallest absolute Gasteiger partial charge is 0.211 e. The van der Waals surface area contributed by atoms with Gasteiger partial charge in [-0.2, -0.15) is 0 Å². The molecule has 0 bridgehead atoms. The molecule has 6 heteroatoms. The van der Waals surface area contributed by atoms with Crippen LogP contribution in [0.5, 0.6) is 0 Å². The highest BCUT2D eigenvalue weighted by Gasteiger charge is 2.07. The van der Waals surface area contributed by atoms with Crippen molar-refractivity contribution in [3.8, 4) is 11.5 Å². The Morgan fingerprint density at radius 3 is 2.89 bits per heavy atom. The highest BCUT2D eigenvalue weighted by atomic mass is 32.2. The summed E-state index contributed by atoms with van der Waals surface area (Å²) >= 11 is 0. The third-order valence-corrected chi connectivity index (χ3v) is 3.82. The van der Waals surface area contributed by atoms with Crippen molar-refractivity contribution in [2.75, 3.05) is 5.75 Å². The lowest BCUT2D eigenvalue weighted by atomic mass is 10.2. The van der Waals surface area contributed by atoms with Gasteiger partial charge in [0, 0.05) is 12.7 Å². The zero-order valence-electron chi connectivity index (χ0n) is 9.96. The summed E-state index contributed by atoms with van der Waals surface area (Å²) in [6.45, 7) is 1.86. The van der Waals surface area contributed by atoms with E-state index in [1.54, 1.807) is 37.6 Å². The lowest BCUT2D eigenvalue weighted by Gasteiger charge is -2.05. The minimum absolute atomic E-state index is 0.0725. The number of sulfonamides is 1. The topological polar surface area (TPSA) is 72.2 Å². The molecule has 5 nitrogen and oxygen atoms in total. The van der Waals surface area contributed by atoms with Crippen LogP contribution in [0.1, 0.15) is 12.5 Å². The summed E-state index contributed by atoms with van der Waals surface area (Å²) in [5, 5.41) is 0. The first-order valence-corrected chi connectivity index (χ1v) is 7.22. The molecule has 0 aliphatic carbocycles. The van der Waals surface area contributed by atoms with Gasteiger partial charge >= 0.3 is 0 Å². The van der Waals surface area contributed by atoms with Gasteiger partial charge in [0.05, 0.1) is 12.0 Å². The molecule has 96 valence electrons. The van der Waals surface area contributed by atoms with Gasteiger partial charge in [0.25, 0.3) is 0 Å². The van der Waals surface area contributed by atoms with Crippen molar-refractivity contribution in [2.24, 2.45) is 0 Å². The maximum absolute atomic E-state index is 11.3. The van der Waals surface area contributed by atoms with E-state index in [-0.39, 0.29) is 12.3 Å². The molecule has 2 aromatic rings. The number of hydrogen-bond acceptors (Lipinski definition) is 4. The highest BCUT2D eigenvalue weighted by molar-refractivity contribution is 7.89. The number of hydrogen-bond donors (Lipinski definition) is 1. The summed E-state index contributed by atoms with van der Waals surface area (Å²) in [5.74, 6) is 0.735. The van der Waals surface area contributed by atoms with E-state index in [1.165, 1.54) is 0 Å². The molecule has 0 saturated heterocycles. The monoisotopic (exact) mass is 266 g/mol. The molecule has 0 aliphatic heterocycles. The summed E-state index contributed by atoms with van der Waals surface area (Å²) in [6, 6.07) is 7.16. The van der Waals surface area contributed by atoms with Crippen LogP contribution in [0, 0.1) is 0 Å². The van der Waals surface area contributed by atoms with E-state index in [2.05, 4.69) is 9.71 Å². The lowest BCUT2D eigenvalue weighted by Crippen LogP contribution is -2.24. The lowest BCUT2D eigenvalue weighted by molar-refractivity contribution is 0.579. The SMILES string of the molecule is CCS(=O)(=O)NCc1ccnc(-c2ccco2)c1. The number of nitrogens with one attached hydrogen (secondary N) is 1. The summed E-state index contributed by atoms with van der Waals surface area (Å²) in [5.41, 5.74) is 1.53. The zero-order valence-corrected chi connectivity index (χ0v) is 10.8. The Bertz CT molecular complexity index is 606. The van der Waals surface area contributed by atoms with Gasteiger partial charge in [-0.05, 0) is 36.8 Å². The van der Waals surface area contributed by atoms with Crippen LogP contribution in [0.4, 0.5) is 0 Å². The molecule has 1 N–H and O–H groups in total. The van der Waals surface area contributed by atoms with Crippen LogP contribution in [-0.4, -0.2) is 19.2 Å². The number of furan rings is 1. The molecule has 0 radical (unpaired) electrons. The van der Waals surface area contributed by atoms with Crippen LogP contribution in [0.15, 0.2) is 41.1 Å². The Hall–Kier alpha value is -1.66. The molecule has 2 heterocycles. The Kier molecular flexibility index (Phi) is 3.78. The summed E-state index contributed by atoms with van der Waals surface area (Å²) < 4.78 is 30.4. The molecule has 0 saturated carbocycles. The van der Waals surface area contributed by atoms with Gasteiger partial charge in [0.2, 0.25) is 10.0 Å².